The fourth-order valence-corrected chi connectivity index (χ4v) is 1.80. The Bertz CT molecular complexity index is 215. The van der Waals surface area contributed by atoms with Crippen molar-refractivity contribution >= 4 is 5.96 Å². The van der Waals surface area contributed by atoms with E-state index in [1.54, 1.807) is 0 Å². The van der Waals surface area contributed by atoms with Crippen molar-refractivity contribution in [2.75, 3.05) is 26.2 Å². The number of aliphatic imine (C=N–C) groups is 1. The van der Waals surface area contributed by atoms with Crippen LogP contribution in [0.15, 0.2) is 17.6 Å². The molecule has 0 aromatic heterocycles. The molecule has 0 amide bonds. The van der Waals surface area contributed by atoms with Gasteiger partial charge in [-0.2, -0.15) is 0 Å². The fourth-order valence-electron chi connectivity index (χ4n) is 1.80. The Balaban J connectivity index is 2.51. The van der Waals surface area contributed by atoms with Crippen molar-refractivity contribution in [3.63, 3.8) is 0 Å². The van der Waals surface area contributed by atoms with Gasteiger partial charge in [-0.15, -0.1) is 6.58 Å². The monoisotopic (exact) mass is 209 g/mol. The van der Waals surface area contributed by atoms with Gasteiger partial charge in [0, 0.05) is 19.6 Å². The number of hydrogen-bond donors (Lipinski definition) is 1. The normalized spacial score (nSPS) is 19.1. The molecule has 0 aliphatic carbocycles. The third kappa shape index (κ3) is 3.94. The summed E-state index contributed by atoms with van der Waals surface area (Å²) in [6, 6.07) is 0. The lowest BCUT2D eigenvalue weighted by molar-refractivity contribution is 0.273. The number of guanidine groups is 1. The molecule has 0 unspecified atom stereocenters. The van der Waals surface area contributed by atoms with Crippen LogP contribution in [0.3, 0.4) is 0 Å². The summed E-state index contributed by atoms with van der Waals surface area (Å²) in [5.74, 6) is 1.91. The van der Waals surface area contributed by atoms with Crippen LogP contribution in [0.1, 0.15) is 26.7 Å². The average Bonchev–Trinajstić information content (AvgIpc) is 2.25. The molecule has 0 radical (unpaired) electrons. The minimum atomic E-state index is 0.703. The first kappa shape index (κ1) is 12.1. The van der Waals surface area contributed by atoms with E-state index in [4.69, 9.17) is 0 Å². The van der Waals surface area contributed by atoms with E-state index >= 15 is 0 Å². The van der Waals surface area contributed by atoms with Gasteiger partial charge in [-0.05, 0) is 25.7 Å². The van der Waals surface area contributed by atoms with E-state index in [1.807, 2.05) is 6.08 Å². The highest BCUT2D eigenvalue weighted by molar-refractivity contribution is 5.80. The zero-order chi connectivity index (χ0) is 11.1. The predicted octanol–water partition coefficient (Wildman–Crippen LogP) is 1.87. The predicted molar refractivity (Wildman–Crippen MR) is 66.1 cm³/mol. The summed E-state index contributed by atoms with van der Waals surface area (Å²) in [4.78, 5) is 6.85. The van der Waals surface area contributed by atoms with E-state index in [9.17, 15) is 0 Å². The van der Waals surface area contributed by atoms with Gasteiger partial charge >= 0.3 is 0 Å². The number of nitrogens with zero attached hydrogens (tertiary/aromatic N) is 2. The SMILES string of the molecule is C=CCN=C(NCC)N1CCC(C)CC1. The second-order valence-electron chi connectivity index (χ2n) is 4.15. The molecule has 0 aromatic carbocycles. The Morgan fingerprint density at radius 2 is 2.20 bits per heavy atom. The van der Waals surface area contributed by atoms with Crippen molar-refractivity contribution in [2.45, 2.75) is 26.7 Å². The first-order valence-electron chi connectivity index (χ1n) is 5.92. The van der Waals surface area contributed by atoms with Crippen molar-refractivity contribution in [1.29, 1.82) is 0 Å². The molecule has 1 aliphatic rings. The molecule has 1 fully saturated rings. The molecule has 3 nitrogen and oxygen atoms in total. The van der Waals surface area contributed by atoms with Crippen molar-refractivity contribution in [1.82, 2.24) is 10.2 Å². The minimum Gasteiger partial charge on any atom is -0.357 e. The van der Waals surface area contributed by atoms with Crippen LogP contribution < -0.4 is 5.32 Å². The Labute approximate surface area is 93.3 Å². The van der Waals surface area contributed by atoms with E-state index in [2.05, 4.69) is 35.6 Å². The molecule has 86 valence electrons. The van der Waals surface area contributed by atoms with Gasteiger partial charge in [-0.25, -0.2) is 4.99 Å². The molecule has 0 saturated carbocycles. The first-order chi connectivity index (χ1) is 7.27. The van der Waals surface area contributed by atoms with E-state index in [0.717, 1.165) is 31.5 Å². The summed E-state index contributed by atoms with van der Waals surface area (Å²) in [5.41, 5.74) is 0. The van der Waals surface area contributed by atoms with E-state index in [0.29, 0.717) is 6.54 Å². The maximum atomic E-state index is 4.49. The topological polar surface area (TPSA) is 27.6 Å². The van der Waals surface area contributed by atoms with Crippen molar-refractivity contribution < 1.29 is 0 Å². The van der Waals surface area contributed by atoms with E-state index < -0.39 is 0 Å². The molecule has 0 spiro atoms. The standard InChI is InChI=1S/C12H23N3/c1-4-8-14-12(13-5-2)15-9-6-11(3)7-10-15/h4,11H,1,5-10H2,2-3H3,(H,13,14). The Morgan fingerprint density at radius 3 is 2.73 bits per heavy atom. The minimum absolute atomic E-state index is 0.703. The van der Waals surface area contributed by atoms with Gasteiger partial charge in [0.15, 0.2) is 5.96 Å². The smallest absolute Gasteiger partial charge is 0.194 e. The van der Waals surface area contributed by atoms with Crippen molar-refractivity contribution in [3.05, 3.63) is 12.7 Å². The first-order valence-corrected chi connectivity index (χ1v) is 5.92. The van der Waals surface area contributed by atoms with Crippen LogP contribution in [-0.2, 0) is 0 Å². The second-order valence-corrected chi connectivity index (χ2v) is 4.15. The molecular formula is C12H23N3. The third-order valence-corrected chi connectivity index (χ3v) is 2.79. The molecule has 1 N–H and O–H groups in total. The number of likely N-dealkylation sites (tertiary alicyclic amines) is 1. The lowest BCUT2D eigenvalue weighted by Gasteiger charge is -2.32. The van der Waals surface area contributed by atoms with Crippen LogP contribution in [0.2, 0.25) is 0 Å². The van der Waals surface area contributed by atoms with Gasteiger partial charge < -0.3 is 10.2 Å². The zero-order valence-electron chi connectivity index (χ0n) is 10.00. The molecule has 3 heteroatoms. The molecular weight excluding hydrogens is 186 g/mol. The molecule has 0 aromatic rings. The second kappa shape index (κ2) is 6.49. The maximum Gasteiger partial charge on any atom is 0.194 e. The molecule has 1 saturated heterocycles. The van der Waals surface area contributed by atoms with Crippen LogP contribution in [0.5, 0.6) is 0 Å². The number of hydrogen-bond acceptors (Lipinski definition) is 1. The highest BCUT2D eigenvalue weighted by Gasteiger charge is 2.17. The van der Waals surface area contributed by atoms with Gasteiger partial charge in [-0.3, -0.25) is 0 Å². The summed E-state index contributed by atoms with van der Waals surface area (Å²) >= 11 is 0. The van der Waals surface area contributed by atoms with E-state index in [-0.39, 0.29) is 0 Å². The van der Waals surface area contributed by atoms with Gasteiger partial charge in [0.25, 0.3) is 0 Å². The van der Waals surface area contributed by atoms with Gasteiger partial charge in [-0.1, -0.05) is 13.0 Å². The van der Waals surface area contributed by atoms with Crippen molar-refractivity contribution in [3.8, 4) is 0 Å². The van der Waals surface area contributed by atoms with Crippen LogP contribution in [0.4, 0.5) is 0 Å². The molecule has 1 heterocycles. The zero-order valence-corrected chi connectivity index (χ0v) is 10.00. The van der Waals surface area contributed by atoms with Gasteiger partial charge in [0.05, 0.1) is 6.54 Å². The lowest BCUT2D eigenvalue weighted by atomic mass is 10.00. The van der Waals surface area contributed by atoms with Crippen LogP contribution in [0, 0.1) is 5.92 Å². The molecule has 1 aliphatic heterocycles. The largest absolute Gasteiger partial charge is 0.357 e. The summed E-state index contributed by atoms with van der Waals surface area (Å²) in [5, 5.41) is 3.33. The van der Waals surface area contributed by atoms with Crippen LogP contribution in [-0.4, -0.2) is 37.0 Å². The van der Waals surface area contributed by atoms with Crippen LogP contribution in [0.25, 0.3) is 0 Å². The summed E-state index contributed by atoms with van der Waals surface area (Å²) < 4.78 is 0. The Kier molecular flexibility index (Phi) is 5.22. The summed E-state index contributed by atoms with van der Waals surface area (Å²) in [6.07, 6.45) is 4.39. The average molecular weight is 209 g/mol. The Morgan fingerprint density at radius 1 is 1.53 bits per heavy atom. The van der Waals surface area contributed by atoms with E-state index in [1.165, 1.54) is 12.8 Å². The van der Waals surface area contributed by atoms with Crippen LogP contribution >= 0.6 is 0 Å². The molecule has 1 rings (SSSR count). The number of rotatable bonds is 3. The molecule has 15 heavy (non-hydrogen) atoms. The highest BCUT2D eigenvalue weighted by Crippen LogP contribution is 2.15. The fraction of sp³-hybridized carbons (Fsp3) is 0.750. The van der Waals surface area contributed by atoms with Gasteiger partial charge in [0.2, 0.25) is 0 Å². The molecule has 0 atom stereocenters. The molecule has 0 bridgehead atoms. The number of piperidine rings is 1. The maximum absolute atomic E-state index is 4.49. The summed E-state index contributed by atoms with van der Waals surface area (Å²) in [6.45, 7) is 12.0. The highest BCUT2D eigenvalue weighted by atomic mass is 15.3. The quantitative estimate of drug-likeness (QED) is 0.436. The third-order valence-electron chi connectivity index (χ3n) is 2.79. The lowest BCUT2D eigenvalue weighted by Crippen LogP contribution is -2.45. The van der Waals surface area contributed by atoms with Gasteiger partial charge in [0.1, 0.15) is 0 Å². The summed E-state index contributed by atoms with van der Waals surface area (Å²) in [7, 11) is 0. The Hall–Kier alpha value is -0.990. The number of nitrogens with one attached hydrogen (secondary N) is 1. The van der Waals surface area contributed by atoms with Crippen molar-refractivity contribution in [2.24, 2.45) is 10.9 Å².